The van der Waals surface area contributed by atoms with Crippen molar-refractivity contribution in [2.24, 2.45) is 5.16 Å². The van der Waals surface area contributed by atoms with E-state index in [-0.39, 0.29) is 12.5 Å². The number of nitrogens with zero attached hydrogens (tertiary/aromatic N) is 3. The number of benzene rings is 1. The molecule has 6 heteroatoms. The van der Waals surface area contributed by atoms with Gasteiger partial charge < -0.3 is 10.2 Å². The molecule has 0 radical (unpaired) electrons. The lowest BCUT2D eigenvalue weighted by Crippen LogP contribution is -2.19. The third-order valence-electron chi connectivity index (χ3n) is 3.64. The number of para-hydroxylation sites is 1. The quantitative estimate of drug-likeness (QED) is 0.654. The largest absolute Gasteiger partial charge is 0.386 e. The summed E-state index contributed by atoms with van der Waals surface area (Å²) in [6.45, 7) is 10.1. The van der Waals surface area contributed by atoms with E-state index < -0.39 is 0 Å². The number of carbonyl (C=O) groups is 1. The van der Waals surface area contributed by atoms with Crippen LogP contribution in [0.3, 0.4) is 0 Å². The number of rotatable bonds is 6. The number of amides is 1. The first kappa shape index (κ1) is 17.7. The van der Waals surface area contributed by atoms with Crippen LogP contribution in [0.25, 0.3) is 0 Å². The second-order valence-corrected chi connectivity index (χ2v) is 6.00. The number of carbonyl (C=O) groups excluding carboxylic acids is 1. The fraction of sp³-hybridized carbons (Fsp3) is 0.389. The van der Waals surface area contributed by atoms with Crippen molar-refractivity contribution in [2.75, 3.05) is 11.9 Å². The van der Waals surface area contributed by atoms with Crippen LogP contribution in [-0.4, -0.2) is 28.0 Å². The SMILES string of the molecule is C/C(Cn1nc(C)cc1C)=N\OCC(=O)Nc1c(C)cccc1C. The lowest BCUT2D eigenvalue weighted by molar-refractivity contribution is -0.120. The minimum absolute atomic E-state index is 0.123. The molecule has 0 spiro atoms. The highest BCUT2D eigenvalue weighted by Crippen LogP contribution is 2.19. The van der Waals surface area contributed by atoms with Gasteiger partial charge in [0.05, 0.1) is 18.0 Å². The van der Waals surface area contributed by atoms with Crippen molar-refractivity contribution >= 4 is 17.3 Å². The van der Waals surface area contributed by atoms with Crippen molar-refractivity contribution in [3.63, 3.8) is 0 Å². The molecule has 0 fully saturated rings. The van der Waals surface area contributed by atoms with Crippen LogP contribution in [0.4, 0.5) is 5.69 Å². The molecule has 0 saturated heterocycles. The smallest absolute Gasteiger partial charge is 0.265 e. The van der Waals surface area contributed by atoms with Gasteiger partial charge in [0.25, 0.3) is 5.91 Å². The fourth-order valence-corrected chi connectivity index (χ4v) is 2.47. The van der Waals surface area contributed by atoms with Gasteiger partial charge in [-0.3, -0.25) is 9.48 Å². The maximum absolute atomic E-state index is 12.0. The van der Waals surface area contributed by atoms with Crippen molar-refractivity contribution in [1.29, 1.82) is 0 Å². The van der Waals surface area contributed by atoms with Gasteiger partial charge in [-0.05, 0) is 51.8 Å². The number of anilines is 1. The fourth-order valence-electron chi connectivity index (χ4n) is 2.47. The molecule has 128 valence electrons. The number of aromatic nitrogens is 2. The Morgan fingerprint density at radius 2 is 1.92 bits per heavy atom. The van der Waals surface area contributed by atoms with Crippen molar-refractivity contribution in [2.45, 2.75) is 41.2 Å². The second kappa shape index (κ2) is 7.77. The van der Waals surface area contributed by atoms with E-state index in [0.29, 0.717) is 6.54 Å². The number of oxime groups is 1. The third kappa shape index (κ3) is 4.68. The second-order valence-electron chi connectivity index (χ2n) is 6.00. The number of aryl methyl sites for hydroxylation is 4. The highest BCUT2D eigenvalue weighted by molar-refractivity contribution is 5.93. The minimum atomic E-state index is -0.227. The van der Waals surface area contributed by atoms with Crippen LogP contribution in [-0.2, 0) is 16.2 Å². The monoisotopic (exact) mass is 328 g/mol. The lowest BCUT2D eigenvalue weighted by Gasteiger charge is -2.11. The van der Waals surface area contributed by atoms with E-state index in [0.717, 1.165) is 33.9 Å². The molecule has 0 unspecified atom stereocenters. The first-order valence-corrected chi connectivity index (χ1v) is 7.89. The first-order chi connectivity index (χ1) is 11.4. The molecule has 1 amide bonds. The van der Waals surface area contributed by atoms with Crippen LogP contribution >= 0.6 is 0 Å². The van der Waals surface area contributed by atoms with E-state index in [2.05, 4.69) is 15.6 Å². The van der Waals surface area contributed by atoms with Gasteiger partial charge in [0.2, 0.25) is 0 Å². The molecule has 0 atom stereocenters. The molecule has 2 rings (SSSR count). The zero-order chi connectivity index (χ0) is 17.7. The molecule has 24 heavy (non-hydrogen) atoms. The molecule has 1 aromatic carbocycles. The summed E-state index contributed by atoms with van der Waals surface area (Å²) in [5.74, 6) is -0.227. The average molecular weight is 328 g/mol. The summed E-state index contributed by atoms with van der Waals surface area (Å²) < 4.78 is 1.86. The predicted octanol–water partition coefficient (Wildman–Crippen LogP) is 3.15. The molecule has 6 nitrogen and oxygen atoms in total. The molecule has 1 N–H and O–H groups in total. The van der Waals surface area contributed by atoms with E-state index in [1.165, 1.54) is 0 Å². The maximum Gasteiger partial charge on any atom is 0.265 e. The van der Waals surface area contributed by atoms with Crippen LogP contribution < -0.4 is 5.32 Å². The Kier molecular flexibility index (Phi) is 5.73. The Bertz CT molecular complexity index is 742. The summed E-state index contributed by atoms with van der Waals surface area (Å²) in [4.78, 5) is 17.2. The average Bonchev–Trinajstić information content (AvgIpc) is 2.81. The molecular weight excluding hydrogens is 304 g/mol. The third-order valence-corrected chi connectivity index (χ3v) is 3.64. The van der Waals surface area contributed by atoms with Crippen molar-refractivity contribution < 1.29 is 9.63 Å². The molecule has 0 aliphatic heterocycles. The summed E-state index contributed by atoms with van der Waals surface area (Å²) in [6, 6.07) is 7.88. The molecule has 2 aromatic rings. The van der Waals surface area contributed by atoms with Crippen LogP contribution in [0, 0.1) is 27.7 Å². The standard InChI is InChI=1S/C18H24N4O2/c1-12-7-6-8-13(2)18(12)19-17(23)11-24-21-15(4)10-22-16(5)9-14(3)20-22/h6-9H,10-11H2,1-5H3,(H,19,23)/b21-15+. The molecule has 0 saturated carbocycles. The maximum atomic E-state index is 12.0. The van der Waals surface area contributed by atoms with Gasteiger partial charge in [-0.1, -0.05) is 23.4 Å². The van der Waals surface area contributed by atoms with Crippen LogP contribution in [0.2, 0.25) is 0 Å². The van der Waals surface area contributed by atoms with Crippen LogP contribution in [0.15, 0.2) is 29.4 Å². The zero-order valence-electron chi connectivity index (χ0n) is 14.9. The normalized spacial score (nSPS) is 11.5. The van der Waals surface area contributed by atoms with Crippen LogP contribution in [0.5, 0.6) is 0 Å². The molecule has 0 aliphatic carbocycles. The molecule has 0 bridgehead atoms. The Hall–Kier alpha value is -2.63. The Labute approximate surface area is 142 Å². The number of hydrogen-bond donors (Lipinski definition) is 1. The predicted molar refractivity (Wildman–Crippen MR) is 95.3 cm³/mol. The van der Waals surface area contributed by atoms with Crippen molar-refractivity contribution in [3.8, 4) is 0 Å². The van der Waals surface area contributed by atoms with E-state index in [1.807, 2.05) is 63.6 Å². The molecular formula is C18H24N4O2. The molecule has 1 aromatic heterocycles. The summed E-state index contributed by atoms with van der Waals surface area (Å²) in [5, 5.41) is 11.2. The topological polar surface area (TPSA) is 68.5 Å². The van der Waals surface area contributed by atoms with Gasteiger partial charge in [0, 0.05) is 11.4 Å². The Morgan fingerprint density at radius 3 is 2.50 bits per heavy atom. The highest BCUT2D eigenvalue weighted by atomic mass is 16.6. The number of nitrogens with one attached hydrogen (secondary N) is 1. The minimum Gasteiger partial charge on any atom is -0.386 e. The highest BCUT2D eigenvalue weighted by Gasteiger charge is 2.08. The van der Waals surface area contributed by atoms with Crippen LogP contribution in [0.1, 0.15) is 29.4 Å². The summed E-state index contributed by atoms with van der Waals surface area (Å²) in [6.07, 6.45) is 0. The molecule has 0 aliphatic rings. The summed E-state index contributed by atoms with van der Waals surface area (Å²) in [7, 11) is 0. The van der Waals surface area contributed by atoms with Gasteiger partial charge in [0.15, 0.2) is 6.61 Å². The first-order valence-electron chi connectivity index (χ1n) is 7.89. The lowest BCUT2D eigenvalue weighted by atomic mass is 10.1. The van der Waals surface area contributed by atoms with E-state index in [1.54, 1.807) is 0 Å². The zero-order valence-corrected chi connectivity index (χ0v) is 14.9. The van der Waals surface area contributed by atoms with Gasteiger partial charge in [-0.15, -0.1) is 0 Å². The van der Waals surface area contributed by atoms with Gasteiger partial charge in [-0.2, -0.15) is 5.10 Å². The Morgan fingerprint density at radius 1 is 1.25 bits per heavy atom. The van der Waals surface area contributed by atoms with E-state index >= 15 is 0 Å². The molecule has 1 heterocycles. The summed E-state index contributed by atoms with van der Waals surface area (Å²) in [5.41, 5.74) is 5.65. The Balaban J connectivity index is 1.86. The van der Waals surface area contributed by atoms with E-state index in [9.17, 15) is 4.79 Å². The van der Waals surface area contributed by atoms with Crippen molar-refractivity contribution in [1.82, 2.24) is 9.78 Å². The van der Waals surface area contributed by atoms with Crippen molar-refractivity contribution in [3.05, 3.63) is 46.8 Å². The van der Waals surface area contributed by atoms with E-state index in [4.69, 9.17) is 4.84 Å². The van der Waals surface area contributed by atoms with Gasteiger partial charge in [-0.25, -0.2) is 0 Å². The number of hydrogen-bond acceptors (Lipinski definition) is 4. The van der Waals surface area contributed by atoms with Gasteiger partial charge in [0.1, 0.15) is 0 Å². The summed E-state index contributed by atoms with van der Waals surface area (Å²) >= 11 is 0. The van der Waals surface area contributed by atoms with Gasteiger partial charge >= 0.3 is 0 Å².